The first kappa shape index (κ1) is 16.4. The number of aryl methyl sites for hydroxylation is 3. The molecule has 0 fully saturated rings. The number of aromatic nitrogens is 2. The summed E-state index contributed by atoms with van der Waals surface area (Å²) in [6.45, 7) is 2.55. The normalized spacial score (nSPS) is 13.3. The Balaban J connectivity index is 1.86. The van der Waals surface area contributed by atoms with Crippen molar-refractivity contribution in [1.82, 2.24) is 9.13 Å². The maximum Gasteiger partial charge on any atom is 0.260 e. The van der Waals surface area contributed by atoms with Gasteiger partial charge in [-0.25, -0.2) is 0 Å². The number of benzene rings is 1. The zero-order chi connectivity index (χ0) is 18.6. The molecule has 0 radical (unpaired) electrons. The minimum atomic E-state index is -0.149. The van der Waals surface area contributed by atoms with Crippen LogP contribution in [0.25, 0.3) is 10.9 Å². The van der Waals surface area contributed by atoms with Crippen LogP contribution >= 0.6 is 0 Å². The highest BCUT2D eigenvalue weighted by Crippen LogP contribution is 2.33. The monoisotopic (exact) mass is 351 g/mol. The summed E-state index contributed by atoms with van der Waals surface area (Å²) < 4.78 is 8.68. The van der Waals surface area contributed by atoms with E-state index in [1.54, 1.807) is 31.5 Å². The van der Waals surface area contributed by atoms with Gasteiger partial charge in [0.1, 0.15) is 5.75 Å². The van der Waals surface area contributed by atoms with Gasteiger partial charge in [0.2, 0.25) is 0 Å². The van der Waals surface area contributed by atoms with Gasteiger partial charge in [0.15, 0.2) is 0 Å². The fourth-order valence-corrected chi connectivity index (χ4v) is 3.93. The average Bonchev–Trinajstić information content (AvgIpc) is 3.20. The fraction of sp³-hybridized carbons (Fsp3) is 0.300. The van der Waals surface area contributed by atoms with Crippen LogP contribution in [0.1, 0.15) is 21.5 Å². The van der Waals surface area contributed by atoms with Crippen molar-refractivity contribution in [3.63, 3.8) is 0 Å². The van der Waals surface area contributed by atoms with Gasteiger partial charge in [-0.3, -0.25) is 9.59 Å². The molecule has 3 heterocycles. The largest absolute Gasteiger partial charge is 0.497 e. The quantitative estimate of drug-likeness (QED) is 0.712. The molecule has 0 unspecified atom stereocenters. The van der Waals surface area contributed by atoms with E-state index in [4.69, 9.17) is 4.74 Å². The van der Waals surface area contributed by atoms with E-state index < -0.39 is 0 Å². The SMILES string of the molecule is COc1ccc2c(c1)CCN2C(=O)c1cn(C)c2c(C)cn(C)c(=O)c12. The van der Waals surface area contributed by atoms with Crippen LogP contribution in [0, 0.1) is 6.92 Å². The minimum Gasteiger partial charge on any atom is -0.497 e. The molecular formula is C20H21N3O3. The Morgan fingerprint density at radius 3 is 2.65 bits per heavy atom. The van der Waals surface area contributed by atoms with Gasteiger partial charge in [-0.15, -0.1) is 0 Å². The van der Waals surface area contributed by atoms with Crippen molar-refractivity contribution in [3.8, 4) is 5.75 Å². The molecule has 4 rings (SSSR count). The van der Waals surface area contributed by atoms with E-state index in [0.717, 1.165) is 34.5 Å². The van der Waals surface area contributed by atoms with Crippen molar-refractivity contribution in [3.05, 3.63) is 57.6 Å². The van der Waals surface area contributed by atoms with Crippen LogP contribution in [-0.2, 0) is 20.5 Å². The molecule has 26 heavy (non-hydrogen) atoms. The summed E-state index contributed by atoms with van der Waals surface area (Å²) in [7, 11) is 5.22. The molecule has 1 amide bonds. The third-order valence-corrected chi connectivity index (χ3v) is 5.13. The zero-order valence-corrected chi connectivity index (χ0v) is 15.4. The molecule has 3 aromatic rings. The zero-order valence-electron chi connectivity index (χ0n) is 15.4. The molecule has 2 aromatic heterocycles. The second-order valence-electron chi connectivity index (χ2n) is 6.81. The van der Waals surface area contributed by atoms with Crippen molar-refractivity contribution in [2.45, 2.75) is 13.3 Å². The van der Waals surface area contributed by atoms with Crippen LogP contribution in [0.2, 0.25) is 0 Å². The average molecular weight is 351 g/mol. The predicted molar refractivity (Wildman–Crippen MR) is 101 cm³/mol. The van der Waals surface area contributed by atoms with Crippen LogP contribution in [0.15, 0.2) is 35.4 Å². The molecule has 6 heteroatoms. The Hall–Kier alpha value is -3.02. The molecule has 134 valence electrons. The molecule has 0 saturated carbocycles. The van der Waals surface area contributed by atoms with Gasteiger partial charge in [-0.2, -0.15) is 0 Å². The lowest BCUT2D eigenvalue weighted by Crippen LogP contribution is -2.30. The summed E-state index contributed by atoms with van der Waals surface area (Å²) in [5.41, 5.74) is 4.05. The van der Waals surface area contributed by atoms with Crippen molar-refractivity contribution in [1.29, 1.82) is 0 Å². The Labute approximate surface area is 151 Å². The van der Waals surface area contributed by atoms with E-state index >= 15 is 0 Å². The van der Waals surface area contributed by atoms with Crippen molar-refractivity contribution >= 4 is 22.5 Å². The third-order valence-electron chi connectivity index (χ3n) is 5.13. The number of carbonyl (C=O) groups is 1. The van der Waals surface area contributed by atoms with E-state index in [-0.39, 0.29) is 11.5 Å². The number of anilines is 1. The van der Waals surface area contributed by atoms with Gasteiger partial charge in [-0.1, -0.05) is 0 Å². The molecule has 0 spiro atoms. The highest BCUT2D eigenvalue weighted by Gasteiger charge is 2.29. The number of rotatable bonds is 2. The summed E-state index contributed by atoms with van der Waals surface area (Å²) in [5.74, 6) is 0.648. The first-order chi connectivity index (χ1) is 12.4. The summed E-state index contributed by atoms with van der Waals surface area (Å²) in [5, 5.41) is 0.488. The van der Waals surface area contributed by atoms with Crippen LogP contribution in [0.3, 0.4) is 0 Å². The van der Waals surface area contributed by atoms with Gasteiger partial charge in [-0.05, 0) is 42.7 Å². The Morgan fingerprint density at radius 1 is 1.15 bits per heavy atom. The molecule has 1 aliphatic rings. The maximum absolute atomic E-state index is 13.3. The number of hydrogen-bond donors (Lipinski definition) is 0. The van der Waals surface area contributed by atoms with Gasteiger partial charge in [0.05, 0.1) is 23.6 Å². The van der Waals surface area contributed by atoms with Crippen molar-refractivity contribution in [2.75, 3.05) is 18.6 Å². The van der Waals surface area contributed by atoms with Crippen LogP contribution in [-0.4, -0.2) is 28.7 Å². The van der Waals surface area contributed by atoms with E-state index in [0.29, 0.717) is 17.5 Å². The van der Waals surface area contributed by atoms with Crippen molar-refractivity contribution < 1.29 is 9.53 Å². The van der Waals surface area contributed by atoms with E-state index in [1.807, 2.05) is 36.7 Å². The Bertz CT molecular complexity index is 1110. The number of ether oxygens (including phenoxy) is 1. The van der Waals surface area contributed by atoms with E-state index in [2.05, 4.69) is 0 Å². The first-order valence-corrected chi connectivity index (χ1v) is 8.56. The molecule has 1 aromatic carbocycles. The molecule has 1 aliphatic heterocycles. The Kier molecular flexibility index (Phi) is 3.64. The standard InChI is InChI=1S/C20H21N3O3/c1-12-10-22(3)20(25)17-15(11-21(2)18(12)17)19(24)23-8-7-13-9-14(26-4)5-6-16(13)23/h5-6,9-11H,7-8H2,1-4H3. The second-order valence-corrected chi connectivity index (χ2v) is 6.81. The fourth-order valence-electron chi connectivity index (χ4n) is 3.93. The molecule has 6 nitrogen and oxygen atoms in total. The van der Waals surface area contributed by atoms with Gasteiger partial charge < -0.3 is 18.8 Å². The van der Waals surface area contributed by atoms with Crippen molar-refractivity contribution in [2.24, 2.45) is 14.1 Å². The topological polar surface area (TPSA) is 56.5 Å². The van der Waals surface area contributed by atoms with Gasteiger partial charge in [0.25, 0.3) is 11.5 Å². The smallest absolute Gasteiger partial charge is 0.260 e. The van der Waals surface area contributed by atoms with E-state index in [9.17, 15) is 9.59 Å². The van der Waals surface area contributed by atoms with E-state index in [1.165, 1.54) is 4.57 Å². The molecule has 0 N–H and O–H groups in total. The third kappa shape index (κ3) is 2.25. The molecule has 0 bridgehead atoms. The number of methoxy groups -OCH3 is 1. The lowest BCUT2D eigenvalue weighted by molar-refractivity contribution is 0.0990. The Morgan fingerprint density at radius 2 is 1.92 bits per heavy atom. The van der Waals surface area contributed by atoms with Crippen LogP contribution in [0.4, 0.5) is 5.69 Å². The molecule has 0 atom stereocenters. The van der Waals surface area contributed by atoms with Gasteiger partial charge >= 0.3 is 0 Å². The van der Waals surface area contributed by atoms with Crippen LogP contribution < -0.4 is 15.2 Å². The second kappa shape index (κ2) is 5.76. The predicted octanol–water partition coefficient (Wildman–Crippen LogP) is 2.40. The lowest BCUT2D eigenvalue weighted by Gasteiger charge is -2.17. The molecular weight excluding hydrogens is 330 g/mol. The van der Waals surface area contributed by atoms with Gasteiger partial charge in [0, 0.05) is 38.7 Å². The maximum atomic E-state index is 13.3. The van der Waals surface area contributed by atoms with Crippen LogP contribution in [0.5, 0.6) is 5.75 Å². The summed E-state index contributed by atoms with van der Waals surface area (Å²) in [6.07, 6.45) is 4.35. The number of pyridine rings is 1. The summed E-state index contributed by atoms with van der Waals surface area (Å²) >= 11 is 0. The number of hydrogen-bond acceptors (Lipinski definition) is 3. The summed E-state index contributed by atoms with van der Waals surface area (Å²) in [6, 6.07) is 5.74. The number of nitrogens with zero attached hydrogens (tertiary/aromatic N) is 3. The number of fused-ring (bicyclic) bond motifs is 2. The first-order valence-electron chi connectivity index (χ1n) is 8.56. The minimum absolute atomic E-state index is 0.137. The lowest BCUT2D eigenvalue weighted by atomic mass is 10.1. The summed E-state index contributed by atoms with van der Waals surface area (Å²) in [4.78, 5) is 27.8. The highest BCUT2D eigenvalue weighted by atomic mass is 16.5. The highest BCUT2D eigenvalue weighted by molar-refractivity contribution is 6.15. The molecule has 0 aliphatic carbocycles. The number of carbonyl (C=O) groups excluding carboxylic acids is 1. The number of amides is 1. The molecule has 0 saturated heterocycles.